The van der Waals surface area contributed by atoms with Gasteiger partial charge in [-0.05, 0) is 30.7 Å². The lowest BCUT2D eigenvalue weighted by molar-refractivity contribution is -0.105. The number of imidazole rings is 1. The summed E-state index contributed by atoms with van der Waals surface area (Å²) in [4.78, 5) is 6.61. The van der Waals surface area contributed by atoms with Crippen molar-refractivity contribution in [1.82, 2.24) is 19.8 Å². The second-order valence-corrected chi connectivity index (χ2v) is 8.82. The van der Waals surface area contributed by atoms with Crippen molar-refractivity contribution in [2.75, 3.05) is 6.61 Å². The molecule has 5 N–H and O–H groups in total. The minimum Gasteiger partial charge on any atom is -0.370 e. The minimum absolute atomic E-state index is 0.0732. The number of hydrogen-bond donors (Lipinski definition) is 3. The van der Waals surface area contributed by atoms with E-state index in [2.05, 4.69) is 15.2 Å². The molecule has 0 radical (unpaired) electrons. The summed E-state index contributed by atoms with van der Waals surface area (Å²) in [5, 5.41) is 2.27. The lowest BCUT2D eigenvalue weighted by Crippen LogP contribution is -2.59. The van der Waals surface area contributed by atoms with Crippen molar-refractivity contribution < 1.29 is 26.7 Å². The second kappa shape index (κ2) is 7.49. The topological polar surface area (TPSA) is 94.4 Å². The highest BCUT2D eigenvalue weighted by molar-refractivity contribution is 5.36. The van der Waals surface area contributed by atoms with Gasteiger partial charge in [-0.15, -0.1) is 0 Å². The number of fused-ring (bicyclic) bond motifs is 1. The van der Waals surface area contributed by atoms with E-state index in [0.29, 0.717) is 25.3 Å². The van der Waals surface area contributed by atoms with Crippen molar-refractivity contribution >= 4 is 0 Å². The van der Waals surface area contributed by atoms with E-state index in [0.717, 1.165) is 35.7 Å². The van der Waals surface area contributed by atoms with E-state index in [4.69, 9.17) is 16.2 Å². The largest absolute Gasteiger partial charge is 0.430 e. The second-order valence-electron chi connectivity index (χ2n) is 8.82. The van der Waals surface area contributed by atoms with Crippen LogP contribution in [-0.2, 0) is 30.5 Å². The first-order chi connectivity index (χ1) is 15.5. The monoisotopic (exact) mass is 470 g/mol. The molecule has 33 heavy (non-hydrogen) atoms. The van der Waals surface area contributed by atoms with Crippen LogP contribution in [0, 0.1) is 11.6 Å². The van der Waals surface area contributed by atoms with Gasteiger partial charge in [-0.2, -0.15) is 13.2 Å². The van der Waals surface area contributed by atoms with Crippen LogP contribution >= 0.6 is 0 Å². The molecule has 4 heterocycles. The first-order valence-corrected chi connectivity index (χ1v) is 10.4. The highest BCUT2D eigenvalue weighted by atomic mass is 19.4. The number of rotatable bonds is 3. The third-order valence-electron chi connectivity index (χ3n) is 6.57. The molecule has 12 heteroatoms. The van der Waals surface area contributed by atoms with Crippen LogP contribution < -0.4 is 16.8 Å². The van der Waals surface area contributed by atoms with Crippen molar-refractivity contribution in [2.45, 2.75) is 49.5 Å². The van der Waals surface area contributed by atoms with Gasteiger partial charge in [-0.3, -0.25) is 10.6 Å². The predicted octanol–water partition coefficient (Wildman–Crippen LogP) is 2.03. The average Bonchev–Trinajstić information content (AvgIpc) is 3.26. The number of nitrogens with zero attached hydrogens (tertiary/aromatic N) is 3. The number of nitrogens with two attached hydrogens (primary N) is 2. The molecule has 1 saturated heterocycles. The SMILES string of the molecule is Cn1c([C@@]2(N)C=C(C(F)(F)F)N2)nc2c1CN(C1CO[C@H](c3cc(F)ccc3F)C(N)C1)C2. The van der Waals surface area contributed by atoms with Crippen molar-refractivity contribution in [3.05, 3.63) is 64.4 Å². The molecule has 3 aliphatic heterocycles. The summed E-state index contributed by atoms with van der Waals surface area (Å²) >= 11 is 0. The number of allylic oxidation sites excluding steroid dienone is 1. The van der Waals surface area contributed by atoms with Gasteiger partial charge in [-0.25, -0.2) is 13.8 Å². The maximum atomic E-state index is 14.2. The van der Waals surface area contributed by atoms with Crippen LogP contribution in [0.4, 0.5) is 22.0 Å². The summed E-state index contributed by atoms with van der Waals surface area (Å²) in [7, 11) is 1.71. The highest BCUT2D eigenvalue weighted by Crippen LogP contribution is 2.38. The van der Waals surface area contributed by atoms with Crippen LogP contribution in [0.3, 0.4) is 0 Å². The third-order valence-corrected chi connectivity index (χ3v) is 6.57. The summed E-state index contributed by atoms with van der Waals surface area (Å²) in [5.74, 6) is -0.820. The first-order valence-electron chi connectivity index (χ1n) is 10.4. The molecule has 0 spiro atoms. The molecule has 0 aliphatic carbocycles. The van der Waals surface area contributed by atoms with E-state index < -0.39 is 41.3 Å². The van der Waals surface area contributed by atoms with E-state index in [-0.39, 0.29) is 18.2 Å². The Bertz CT molecular complexity index is 1130. The maximum absolute atomic E-state index is 14.2. The van der Waals surface area contributed by atoms with E-state index in [1.807, 2.05) is 0 Å². The fraction of sp³-hybridized carbons (Fsp3) is 0.476. The van der Waals surface area contributed by atoms with Crippen LogP contribution in [0.15, 0.2) is 30.0 Å². The number of ether oxygens (including phenoxy) is 1. The Morgan fingerprint density at radius 1 is 1.24 bits per heavy atom. The maximum Gasteiger partial charge on any atom is 0.430 e. The van der Waals surface area contributed by atoms with Crippen molar-refractivity contribution in [3.8, 4) is 0 Å². The molecule has 4 atom stereocenters. The number of nitrogens with one attached hydrogen (secondary N) is 1. The molecular weight excluding hydrogens is 447 g/mol. The Labute approximate surface area is 186 Å². The standard InChI is InChI=1S/C21H23F5N6O/c1-31-16-8-32(7-15(16)29-19(31)20(28)6-17(30-20)21(24,25)26)11-5-14(27)18(33-9-11)12-4-10(22)2-3-13(12)23/h2-4,6,11,14,18,30H,5,7-9,27-28H2,1H3/t11?,14?,18-,20-/m1/s1. The molecule has 0 saturated carbocycles. The Balaban J connectivity index is 1.27. The fourth-order valence-electron chi connectivity index (χ4n) is 4.85. The Hall–Kier alpha value is -2.54. The molecule has 7 nitrogen and oxygen atoms in total. The fourth-order valence-corrected chi connectivity index (χ4v) is 4.85. The zero-order chi connectivity index (χ0) is 23.7. The molecule has 5 rings (SSSR count). The molecule has 1 aromatic carbocycles. The smallest absolute Gasteiger partial charge is 0.370 e. The lowest BCUT2D eigenvalue weighted by atomic mass is 9.93. The van der Waals surface area contributed by atoms with Crippen LogP contribution in [0.5, 0.6) is 0 Å². The van der Waals surface area contributed by atoms with Gasteiger partial charge >= 0.3 is 6.18 Å². The summed E-state index contributed by atoms with van der Waals surface area (Å²) in [5.41, 5.74) is 11.7. The van der Waals surface area contributed by atoms with E-state index in [9.17, 15) is 22.0 Å². The Morgan fingerprint density at radius 3 is 2.61 bits per heavy atom. The van der Waals surface area contributed by atoms with Gasteiger partial charge < -0.3 is 20.4 Å². The molecule has 2 unspecified atom stereocenters. The van der Waals surface area contributed by atoms with Gasteiger partial charge in [0.25, 0.3) is 0 Å². The van der Waals surface area contributed by atoms with Crippen LogP contribution in [0.1, 0.15) is 35.3 Å². The van der Waals surface area contributed by atoms with E-state index in [1.165, 1.54) is 0 Å². The number of benzene rings is 1. The van der Waals surface area contributed by atoms with Crippen LogP contribution in [-0.4, -0.2) is 39.3 Å². The molecule has 3 aliphatic rings. The highest BCUT2D eigenvalue weighted by Gasteiger charge is 2.49. The van der Waals surface area contributed by atoms with Gasteiger partial charge in [-0.1, -0.05) is 0 Å². The quantitative estimate of drug-likeness (QED) is 0.595. The molecule has 1 aromatic heterocycles. The first kappa shape index (κ1) is 22.3. The van der Waals surface area contributed by atoms with E-state index in [1.54, 1.807) is 11.6 Å². The summed E-state index contributed by atoms with van der Waals surface area (Å²) in [6.07, 6.45) is -3.80. The molecule has 0 bridgehead atoms. The van der Waals surface area contributed by atoms with Gasteiger partial charge in [0.15, 0.2) is 11.5 Å². The van der Waals surface area contributed by atoms with Gasteiger partial charge in [0.2, 0.25) is 0 Å². The summed E-state index contributed by atoms with van der Waals surface area (Å²) < 4.78 is 73.7. The van der Waals surface area contributed by atoms with Gasteiger partial charge in [0.05, 0.1) is 18.0 Å². The van der Waals surface area contributed by atoms with Gasteiger partial charge in [0, 0.05) is 37.8 Å². The zero-order valence-corrected chi connectivity index (χ0v) is 17.7. The lowest BCUT2D eigenvalue weighted by Gasteiger charge is -2.39. The normalized spacial score (nSPS) is 29.9. The molecule has 178 valence electrons. The molecular formula is C21H23F5N6O. The summed E-state index contributed by atoms with van der Waals surface area (Å²) in [6, 6.07) is 2.60. The molecule has 0 amide bonds. The minimum atomic E-state index is -4.49. The molecule has 1 fully saturated rings. The zero-order valence-electron chi connectivity index (χ0n) is 17.7. The molecule has 2 aromatic rings. The van der Waals surface area contributed by atoms with Crippen molar-refractivity contribution in [3.63, 3.8) is 0 Å². The third kappa shape index (κ3) is 3.70. The summed E-state index contributed by atoms with van der Waals surface area (Å²) in [6.45, 7) is 1.22. The van der Waals surface area contributed by atoms with Gasteiger partial charge in [0.1, 0.15) is 23.4 Å². The van der Waals surface area contributed by atoms with Crippen molar-refractivity contribution in [2.24, 2.45) is 18.5 Å². The number of aromatic nitrogens is 2. The van der Waals surface area contributed by atoms with Crippen molar-refractivity contribution in [1.29, 1.82) is 0 Å². The Kier molecular flexibility index (Phi) is 5.05. The van der Waals surface area contributed by atoms with Crippen LogP contribution in [0.2, 0.25) is 0 Å². The van der Waals surface area contributed by atoms with E-state index >= 15 is 0 Å². The average molecular weight is 470 g/mol. The number of hydrogen-bond acceptors (Lipinski definition) is 6. The predicted molar refractivity (Wildman–Crippen MR) is 107 cm³/mol. The van der Waals surface area contributed by atoms with Crippen LogP contribution in [0.25, 0.3) is 0 Å². The number of halogens is 5. The number of alkyl halides is 3. The Morgan fingerprint density at radius 2 is 1.97 bits per heavy atom.